The first kappa shape index (κ1) is 57.0. The van der Waals surface area contributed by atoms with E-state index in [9.17, 15) is 19.2 Å². The Bertz CT molecular complexity index is 3870. The summed E-state index contributed by atoms with van der Waals surface area (Å²) >= 11 is 0. The molecular weight excluding hydrogens is 1050 g/mol. The van der Waals surface area contributed by atoms with Crippen LogP contribution in [0.3, 0.4) is 0 Å². The van der Waals surface area contributed by atoms with Crippen LogP contribution in [0.25, 0.3) is 33.3 Å². The lowest BCUT2D eigenvalue weighted by molar-refractivity contribution is -0.0595. The molecule has 9 heterocycles. The van der Waals surface area contributed by atoms with Gasteiger partial charge in [-0.05, 0) is 144 Å². The summed E-state index contributed by atoms with van der Waals surface area (Å²) in [5.41, 5.74) is 14.0. The molecule has 3 aliphatic heterocycles. The van der Waals surface area contributed by atoms with Crippen molar-refractivity contribution >= 4 is 28.5 Å². The number of H-pyrrole nitrogens is 2. The number of nitrogens with one attached hydrogen (secondary N) is 4. The Morgan fingerprint density at radius 2 is 1.14 bits per heavy atom. The van der Waals surface area contributed by atoms with E-state index in [1.54, 1.807) is 12.1 Å². The zero-order valence-corrected chi connectivity index (χ0v) is 48.7. The highest BCUT2D eigenvalue weighted by molar-refractivity contribution is 5.98. The van der Waals surface area contributed by atoms with Crippen molar-refractivity contribution < 1.29 is 32.9 Å². The number of hydrogen-bond donors (Lipinski definition) is 4. The summed E-state index contributed by atoms with van der Waals surface area (Å²) < 4.78 is 44.7. The largest absolute Gasteiger partial charge is 0.491 e. The van der Waals surface area contributed by atoms with Crippen molar-refractivity contribution in [1.82, 2.24) is 39.2 Å². The topological polar surface area (TPSA) is 179 Å². The van der Waals surface area contributed by atoms with Gasteiger partial charge in [-0.15, -0.1) is 0 Å². The van der Waals surface area contributed by atoms with Gasteiger partial charge in [-0.2, -0.15) is 0 Å². The molecule has 8 aromatic rings. The van der Waals surface area contributed by atoms with Gasteiger partial charge in [0.15, 0.2) is 0 Å². The van der Waals surface area contributed by atoms with Crippen LogP contribution in [0.2, 0.25) is 0 Å². The van der Waals surface area contributed by atoms with Crippen molar-refractivity contribution in [3.8, 4) is 28.0 Å². The number of carbonyl (C=O) groups is 2. The van der Waals surface area contributed by atoms with E-state index in [0.29, 0.717) is 85.3 Å². The smallest absolute Gasteiger partial charge is 0.253 e. The number of rotatable bonds is 16. The first-order valence-corrected chi connectivity index (χ1v) is 28.8. The Morgan fingerprint density at radius 3 is 1.70 bits per heavy atom. The van der Waals surface area contributed by atoms with E-state index < -0.39 is 5.82 Å². The minimum absolute atomic E-state index is 0.0677. The summed E-state index contributed by atoms with van der Waals surface area (Å²) in [4.78, 5) is 66.9. The zero-order valence-electron chi connectivity index (χ0n) is 48.7. The number of benzene rings is 2. The molecule has 3 aliphatic rings. The molecule has 4 N–H and O–H groups in total. The number of morpholine rings is 3. The van der Waals surface area contributed by atoms with Gasteiger partial charge in [0, 0.05) is 161 Å². The highest BCUT2D eigenvalue weighted by Crippen LogP contribution is 2.36. The van der Waals surface area contributed by atoms with Crippen LogP contribution >= 0.6 is 0 Å². The van der Waals surface area contributed by atoms with E-state index in [2.05, 4.69) is 94.5 Å². The molecular formula is C65H74FN9O8. The van der Waals surface area contributed by atoms with Crippen molar-refractivity contribution in [3.05, 3.63) is 185 Å². The third kappa shape index (κ3) is 11.9. The summed E-state index contributed by atoms with van der Waals surface area (Å²) in [6.45, 7) is 23.3. The van der Waals surface area contributed by atoms with Crippen LogP contribution in [0, 0.1) is 47.4 Å². The Morgan fingerprint density at radius 1 is 0.627 bits per heavy atom. The fraction of sp³-hybridized carbons (Fsp3) is 0.385. The molecule has 3 unspecified atom stereocenters. The standard InChI is InChI=1S/C65H74FN9O8/c1-38-25-40(3)69-64(78)57(38)32-67-62(76)55-29-50-27-47(46-9-11-49(12-10-46)72-17-22-81-23-18-72)34-74(50)61(43(55)6)45(8)73-19-24-82-53(36-73)37-83-52-13-14-54(59(66)31-52)48-28-51-30-56(63(77)68-33-58-39(2)26-41(4)70-65(58)79)42(5)60(75(51)35-48)44(7)71-15-20-80-21-16-71/h9-14,25-31,34-35,44-45,53H,15-24,32-33,36-37H2,1-8H3,(H,67,76)(H,68,77)(H,69,78)(H,70,79). The second-order valence-electron chi connectivity index (χ2n) is 22.5. The van der Waals surface area contributed by atoms with E-state index in [1.807, 2.05) is 78.1 Å². The molecule has 2 aromatic carbocycles. The molecule has 0 radical (unpaired) electrons. The maximum absolute atomic E-state index is 16.5. The molecule has 3 atom stereocenters. The second kappa shape index (κ2) is 24.1. The molecule has 6 aromatic heterocycles. The van der Waals surface area contributed by atoms with E-state index in [-0.39, 0.29) is 60.8 Å². The monoisotopic (exact) mass is 1130 g/mol. The molecule has 0 bridgehead atoms. The van der Waals surface area contributed by atoms with Crippen molar-refractivity contribution in [2.75, 3.05) is 83.8 Å². The van der Waals surface area contributed by atoms with Gasteiger partial charge in [-0.25, -0.2) is 4.39 Å². The van der Waals surface area contributed by atoms with Gasteiger partial charge in [-0.3, -0.25) is 29.0 Å². The summed E-state index contributed by atoms with van der Waals surface area (Å²) in [6, 6.07) is 24.8. The first-order chi connectivity index (χ1) is 40.0. The molecule has 83 heavy (non-hydrogen) atoms. The van der Waals surface area contributed by atoms with Crippen molar-refractivity contribution in [3.63, 3.8) is 0 Å². The van der Waals surface area contributed by atoms with Gasteiger partial charge in [0.2, 0.25) is 0 Å². The molecule has 0 spiro atoms. The number of carbonyl (C=O) groups excluding carboxylic acids is 2. The van der Waals surface area contributed by atoms with Gasteiger partial charge < -0.3 is 53.3 Å². The van der Waals surface area contributed by atoms with Gasteiger partial charge in [0.25, 0.3) is 22.9 Å². The Hall–Kier alpha value is -7.87. The second-order valence-corrected chi connectivity index (χ2v) is 22.5. The van der Waals surface area contributed by atoms with Gasteiger partial charge in [0.05, 0.1) is 33.0 Å². The van der Waals surface area contributed by atoms with Gasteiger partial charge in [0.1, 0.15) is 24.3 Å². The van der Waals surface area contributed by atoms with Crippen LogP contribution in [0.15, 0.2) is 101 Å². The molecule has 18 heteroatoms. The highest BCUT2D eigenvalue weighted by Gasteiger charge is 2.31. The lowest BCUT2D eigenvalue weighted by atomic mass is 10.00. The molecule has 3 saturated heterocycles. The molecule has 3 fully saturated rings. The quantitative estimate of drug-likeness (QED) is 0.0727. The fourth-order valence-corrected chi connectivity index (χ4v) is 12.5. The van der Waals surface area contributed by atoms with Gasteiger partial charge in [-0.1, -0.05) is 12.1 Å². The number of aromatic nitrogens is 4. The molecule has 434 valence electrons. The number of nitrogens with zero attached hydrogens (tertiary/aromatic N) is 5. The lowest BCUT2D eigenvalue weighted by Gasteiger charge is -2.37. The van der Waals surface area contributed by atoms with Crippen LogP contribution in [0.4, 0.5) is 10.1 Å². The summed E-state index contributed by atoms with van der Waals surface area (Å²) in [5, 5.41) is 6.06. The number of halogens is 1. The Labute approximate surface area is 482 Å². The number of fused-ring (bicyclic) bond motifs is 2. The Balaban J connectivity index is 0.825. The molecule has 0 saturated carbocycles. The van der Waals surface area contributed by atoms with Crippen LogP contribution in [-0.4, -0.2) is 125 Å². The highest BCUT2D eigenvalue weighted by atomic mass is 19.1. The van der Waals surface area contributed by atoms with Crippen molar-refractivity contribution in [2.45, 2.75) is 86.7 Å². The zero-order chi connectivity index (χ0) is 58.2. The van der Waals surface area contributed by atoms with Gasteiger partial charge >= 0.3 is 0 Å². The van der Waals surface area contributed by atoms with Crippen LogP contribution in [-0.2, 0) is 27.3 Å². The average molecular weight is 1130 g/mol. The number of aromatic amines is 2. The molecule has 11 rings (SSSR count). The number of amides is 2. The number of anilines is 1. The number of hydrogen-bond acceptors (Lipinski definition) is 11. The predicted octanol–water partition coefficient (Wildman–Crippen LogP) is 8.82. The summed E-state index contributed by atoms with van der Waals surface area (Å²) in [5.74, 6) is -0.680. The number of ether oxygens (including phenoxy) is 4. The third-order valence-electron chi connectivity index (χ3n) is 17.1. The van der Waals surface area contributed by atoms with E-state index in [4.69, 9.17) is 18.9 Å². The predicted molar refractivity (Wildman–Crippen MR) is 320 cm³/mol. The summed E-state index contributed by atoms with van der Waals surface area (Å²) in [6.07, 6.45) is 3.73. The van der Waals surface area contributed by atoms with Crippen LogP contribution in [0.5, 0.6) is 5.75 Å². The minimum atomic E-state index is -0.460. The number of pyridine rings is 4. The third-order valence-corrected chi connectivity index (χ3v) is 17.1. The maximum Gasteiger partial charge on any atom is 0.253 e. The lowest BCUT2D eigenvalue weighted by Crippen LogP contribution is -2.46. The normalized spacial score (nSPS) is 17.0. The van der Waals surface area contributed by atoms with E-state index in [1.165, 1.54) is 6.07 Å². The molecule has 17 nitrogen and oxygen atoms in total. The fourth-order valence-electron chi connectivity index (χ4n) is 12.5. The summed E-state index contributed by atoms with van der Waals surface area (Å²) in [7, 11) is 0. The minimum Gasteiger partial charge on any atom is -0.491 e. The van der Waals surface area contributed by atoms with Crippen molar-refractivity contribution in [2.24, 2.45) is 0 Å². The molecule has 0 aliphatic carbocycles. The maximum atomic E-state index is 16.5. The van der Waals surface area contributed by atoms with E-state index >= 15 is 4.39 Å². The number of aryl methyl sites for hydroxylation is 4. The Kier molecular flexibility index (Phi) is 16.6. The molecule has 2 amide bonds. The van der Waals surface area contributed by atoms with Crippen LogP contribution in [0.1, 0.15) is 103 Å². The average Bonchev–Trinajstić information content (AvgIpc) is 3.04. The first-order valence-electron chi connectivity index (χ1n) is 28.8. The SMILES string of the molecule is Cc1cc(C)c(CNC(=O)c2cc3cc(-c4ccc(OCC5CN(C(C)c6c(C)c(C(=O)NCc7c(C)cc(C)[nH]c7=O)cc7cc(-c8ccc(N9CCOCC9)cc8)cn67)CCO5)cc4F)cn3c(C(C)N3CCOCC3)c2C)c(=O)[nH]1. The van der Waals surface area contributed by atoms with Crippen molar-refractivity contribution in [1.29, 1.82) is 0 Å². The van der Waals surface area contributed by atoms with Crippen LogP contribution < -0.4 is 31.4 Å². The van der Waals surface area contributed by atoms with E-state index in [0.717, 1.165) is 99.1 Å².